The third-order valence-corrected chi connectivity index (χ3v) is 5.34. The van der Waals surface area contributed by atoms with Crippen LogP contribution in [0.4, 0.5) is 11.5 Å². The molecule has 130 valence electrons. The highest BCUT2D eigenvalue weighted by Gasteiger charge is 2.51. The smallest absolute Gasteiger partial charge is 0.235 e. The summed E-state index contributed by atoms with van der Waals surface area (Å²) in [6, 6.07) is 14.0. The predicted molar refractivity (Wildman–Crippen MR) is 99.9 cm³/mol. The molecule has 2 aliphatic rings. The molecule has 0 bridgehead atoms. The summed E-state index contributed by atoms with van der Waals surface area (Å²) in [6.07, 6.45) is 3.60. The van der Waals surface area contributed by atoms with E-state index in [1.807, 2.05) is 42.5 Å². The number of anilines is 2. The number of nitrogens with one attached hydrogen (secondary N) is 1. The van der Waals surface area contributed by atoms with E-state index in [0.717, 1.165) is 56.1 Å². The van der Waals surface area contributed by atoms with Crippen molar-refractivity contribution < 1.29 is 4.79 Å². The van der Waals surface area contributed by atoms with Crippen LogP contribution >= 0.6 is 0 Å². The van der Waals surface area contributed by atoms with Crippen molar-refractivity contribution in [2.24, 2.45) is 0 Å². The first-order chi connectivity index (χ1) is 12.2. The molecule has 1 saturated carbocycles. The minimum absolute atomic E-state index is 0.0767. The first kappa shape index (κ1) is 16.1. The van der Waals surface area contributed by atoms with Crippen LogP contribution in [0.1, 0.15) is 18.4 Å². The number of pyridine rings is 1. The molecule has 1 aliphatic heterocycles. The summed E-state index contributed by atoms with van der Waals surface area (Å²) in [5.41, 5.74) is 1.52. The number of aromatic nitrogens is 1. The molecule has 2 heterocycles. The van der Waals surface area contributed by atoms with Crippen molar-refractivity contribution in [2.45, 2.75) is 18.3 Å². The maximum absolute atomic E-state index is 12.8. The Morgan fingerprint density at radius 3 is 2.36 bits per heavy atom. The number of carbonyl (C=O) groups excluding carboxylic acids is 1. The molecule has 4 rings (SSSR count). The lowest BCUT2D eigenvalue weighted by Gasteiger charge is -2.33. The van der Waals surface area contributed by atoms with E-state index in [2.05, 4.69) is 27.1 Å². The highest BCUT2D eigenvalue weighted by Crippen LogP contribution is 2.48. The maximum Gasteiger partial charge on any atom is 0.235 e. The topological polar surface area (TPSA) is 48.5 Å². The van der Waals surface area contributed by atoms with Crippen molar-refractivity contribution in [3.63, 3.8) is 0 Å². The van der Waals surface area contributed by atoms with E-state index in [1.165, 1.54) is 0 Å². The molecule has 5 heteroatoms. The monoisotopic (exact) mass is 336 g/mol. The van der Waals surface area contributed by atoms with Crippen molar-refractivity contribution >= 4 is 17.4 Å². The molecular weight excluding hydrogens is 312 g/mol. The van der Waals surface area contributed by atoms with Gasteiger partial charge >= 0.3 is 0 Å². The molecule has 5 nitrogen and oxygen atoms in total. The number of rotatable bonds is 4. The SMILES string of the molecule is CN1CCN(c2ccc(NC(=O)C3(c4ccccc4)CC3)cn2)CC1. The second kappa shape index (κ2) is 6.48. The Labute approximate surface area is 148 Å². The molecule has 1 aromatic heterocycles. The van der Waals surface area contributed by atoms with Crippen LogP contribution in [0.5, 0.6) is 0 Å². The van der Waals surface area contributed by atoms with Gasteiger partial charge < -0.3 is 15.1 Å². The van der Waals surface area contributed by atoms with Crippen molar-refractivity contribution in [3.05, 3.63) is 54.2 Å². The second-order valence-electron chi connectivity index (χ2n) is 7.10. The normalized spacial score (nSPS) is 19.5. The average molecular weight is 336 g/mol. The van der Waals surface area contributed by atoms with Crippen LogP contribution in [-0.2, 0) is 10.2 Å². The van der Waals surface area contributed by atoms with E-state index in [9.17, 15) is 4.79 Å². The van der Waals surface area contributed by atoms with Gasteiger partial charge in [0.25, 0.3) is 0 Å². The third kappa shape index (κ3) is 3.24. The summed E-state index contributed by atoms with van der Waals surface area (Å²) < 4.78 is 0. The van der Waals surface area contributed by atoms with Crippen LogP contribution in [0.3, 0.4) is 0 Å². The summed E-state index contributed by atoms with van der Waals surface area (Å²) in [7, 11) is 2.14. The van der Waals surface area contributed by atoms with E-state index in [1.54, 1.807) is 6.20 Å². The van der Waals surface area contributed by atoms with Crippen LogP contribution < -0.4 is 10.2 Å². The number of likely N-dealkylation sites (N-methyl/N-ethyl adjacent to an activating group) is 1. The minimum Gasteiger partial charge on any atom is -0.354 e. The molecule has 1 amide bonds. The molecular formula is C20H24N4O. The lowest BCUT2D eigenvalue weighted by Crippen LogP contribution is -2.44. The van der Waals surface area contributed by atoms with Crippen LogP contribution in [0.15, 0.2) is 48.7 Å². The van der Waals surface area contributed by atoms with Gasteiger partial charge in [0, 0.05) is 26.2 Å². The molecule has 0 spiro atoms. The van der Waals surface area contributed by atoms with Gasteiger partial charge in [-0.15, -0.1) is 0 Å². The number of nitrogens with zero attached hydrogens (tertiary/aromatic N) is 3. The molecule has 1 N–H and O–H groups in total. The Bertz CT molecular complexity index is 732. The number of amides is 1. The number of hydrogen-bond donors (Lipinski definition) is 1. The molecule has 2 fully saturated rings. The fraction of sp³-hybridized carbons (Fsp3) is 0.400. The second-order valence-corrected chi connectivity index (χ2v) is 7.10. The van der Waals surface area contributed by atoms with Gasteiger partial charge in [-0.2, -0.15) is 0 Å². The Kier molecular flexibility index (Phi) is 4.17. The van der Waals surface area contributed by atoms with E-state index in [-0.39, 0.29) is 11.3 Å². The van der Waals surface area contributed by atoms with Crippen LogP contribution in [0, 0.1) is 0 Å². The Hall–Kier alpha value is -2.40. The van der Waals surface area contributed by atoms with Crippen molar-refractivity contribution in [1.82, 2.24) is 9.88 Å². The molecule has 2 aromatic rings. The van der Waals surface area contributed by atoms with Gasteiger partial charge in [-0.05, 0) is 37.6 Å². The van der Waals surface area contributed by atoms with Gasteiger partial charge in [0.15, 0.2) is 0 Å². The van der Waals surface area contributed by atoms with Gasteiger partial charge in [0.05, 0.1) is 17.3 Å². The summed E-state index contributed by atoms with van der Waals surface area (Å²) >= 11 is 0. The Morgan fingerprint density at radius 2 is 1.76 bits per heavy atom. The zero-order valence-corrected chi connectivity index (χ0v) is 14.6. The quantitative estimate of drug-likeness (QED) is 0.932. The van der Waals surface area contributed by atoms with E-state index in [4.69, 9.17) is 0 Å². The molecule has 1 aliphatic carbocycles. The van der Waals surface area contributed by atoms with Crippen LogP contribution in [0.2, 0.25) is 0 Å². The molecule has 1 aromatic carbocycles. The Balaban J connectivity index is 1.42. The first-order valence-electron chi connectivity index (χ1n) is 8.94. The predicted octanol–water partition coefficient (Wildman–Crippen LogP) is 2.50. The standard InChI is InChI=1S/C20H24N4O/c1-23-11-13-24(14-12-23)18-8-7-17(15-21-18)22-19(25)20(9-10-20)16-5-3-2-4-6-16/h2-8,15H,9-14H2,1H3,(H,22,25). The first-order valence-corrected chi connectivity index (χ1v) is 8.94. The molecule has 0 unspecified atom stereocenters. The summed E-state index contributed by atoms with van der Waals surface area (Å²) in [6.45, 7) is 4.10. The highest BCUT2D eigenvalue weighted by atomic mass is 16.2. The number of carbonyl (C=O) groups is 1. The fourth-order valence-electron chi connectivity index (χ4n) is 3.46. The zero-order valence-electron chi connectivity index (χ0n) is 14.6. The van der Waals surface area contributed by atoms with E-state index >= 15 is 0 Å². The fourth-order valence-corrected chi connectivity index (χ4v) is 3.46. The summed E-state index contributed by atoms with van der Waals surface area (Å²) in [4.78, 5) is 21.9. The van der Waals surface area contributed by atoms with Crippen LogP contribution in [0.25, 0.3) is 0 Å². The molecule has 0 atom stereocenters. The summed E-state index contributed by atoms with van der Waals surface area (Å²) in [5, 5.41) is 3.05. The van der Waals surface area contributed by atoms with Crippen molar-refractivity contribution in [3.8, 4) is 0 Å². The average Bonchev–Trinajstić information content (AvgIpc) is 3.46. The Morgan fingerprint density at radius 1 is 1.04 bits per heavy atom. The van der Waals surface area contributed by atoms with Gasteiger partial charge in [-0.3, -0.25) is 4.79 Å². The van der Waals surface area contributed by atoms with E-state index in [0.29, 0.717) is 0 Å². The van der Waals surface area contributed by atoms with Gasteiger partial charge in [0.2, 0.25) is 5.91 Å². The maximum atomic E-state index is 12.8. The van der Waals surface area contributed by atoms with E-state index < -0.39 is 0 Å². The highest BCUT2D eigenvalue weighted by molar-refractivity contribution is 6.01. The lowest BCUT2D eigenvalue weighted by molar-refractivity contribution is -0.118. The summed E-state index contributed by atoms with van der Waals surface area (Å²) in [5.74, 6) is 1.06. The van der Waals surface area contributed by atoms with Crippen LogP contribution in [-0.4, -0.2) is 49.0 Å². The number of piperazine rings is 1. The van der Waals surface area contributed by atoms with Crippen molar-refractivity contribution in [2.75, 3.05) is 43.4 Å². The third-order valence-electron chi connectivity index (χ3n) is 5.34. The van der Waals surface area contributed by atoms with Crippen molar-refractivity contribution in [1.29, 1.82) is 0 Å². The molecule has 25 heavy (non-hydrogen) atoms. The number of hydrogen-bond acceptors (Lipinski definition) is 4. The molecule has 1 saturated heterocycles. The van der Waals surface area contributed by atoms with Gasteiger partial charge in [-0.25, -0.2) is 4.98 Å². The number of benzene rings is 1. The zero-order chi connectivity index (χ0) is 17.3. The lowest BCUT2D eigenvalue weighted by atomic mass is 9.95. The van der Waals surface area contributed by atoms with Gasteiger partial charge in [-0.1, -0.05) is 30.3 Å². The minimum atomic E-state index is -0.350. The largest absolute Gasteiger partial charge is 0.354 e. The van der Waals surface area contributed by atoms with Gasteiger partial charge in [0.1, 0.15) is 5.82 Å². The molecule has 0 radical (unpaired) electrons.